The van der Waals surface area contributed by atoms with Crippen molar-refractivity contribution in [2.75, 3.05) is 24.7 Å². The number of methoxy groups -OCH3 is 1. The van der Waals surface area contributed by atoms with Crippen LogP contribution in [0.25, 0.3) is 0 Å². The van der Waals surface area contributed by atoms with Gasteiger partial charge in [-0.25, -0.2) is 0 Å². The Morgan fingerprint density at radius 3 is 2.43 bits per heavy atom. The number of nitro groups is 1. The Kier molecular flexibility index (Phi) is 6.63. The first-order chi connectivity index (χ1) is 13.3. The van der Waals surface area contributed by atoms with Crippen molar-refractivity contribution >= 4 is 34.8 Å². The van der Waals surface area contributed by atoms with Crippen LogP contribution in [0.1, 0.15) is 15.9 Å². The van der Waals surface area contributed by atoms with E-state index in [0.717, 1.165) is 0 Å². The summed E-state index contributed by atoms with van der Waals surface area (Å²) in [4.78, 5) is 45.3. The average molecular weight is 386 g/mol. The number of nitro benzene ring substituents is 1. The minimum Gasteiger partial charge on any atom is -0.468 e. The van der Waals surface area contributed by atoms with E-state index >= 15 is 0 Å². The van der Waals surface area contributed by atoms with Crippen LogP contribution in [0.4, 0.5) is 17.1 Å². The van der Waals surface area contributed by atoms with Gasteiger partial charge in [-0.2, -0.15) is 0 Å². The summed E-state index contributed by atoms with van der Waals surface area (Å²) in [6.07, 6.45) is 0.0447. The zero-order chi connectivity index (χ0) is 20.7. The lowest BCUT2D eigenvalue weighted by Crippen LogP contribution is -2.31. The van der Waals surface area contributed by atoms with Crippen molar-refractivity contribution in [1.82, 2.24) is 5.32 Å². The smallest absolute Gasteiger partial charge is 0.325 e. The highest BCUT2D eigenvalue weighted by atomic mass is 16.6. The Hall–Kier alpha value is -3.95. The highest BCUT2D eigenvalue weighted by Crippen LogP contribution is 2.25. The van der Waals surface area contributed by atoms with Gasteiger partial charge in [0.15, 0.2) is 0 Å². The van der Waals surface area contributed by atoms with Crippen LogP contribution in [-0.4, -0.2) is 36.4 Å². The van der Waals surface area contributed by atoms with Gasteiger partial charge >= 0.3 is 5.97 Å². The van der Waals surface area contributed by atoms with Gasteiger partial charge in [0, 0.05) is 11.8 Å². The normalized spacial score (nSPS) is 10.0. The van der Waals surface area contributed by atoms with Crippen LogP contribution in [0.2, 0.25) is 0 Å². The summed E-state index contributed by atoms with van der Waals surface area (Å²) < 4.78 is 4.43. The molecule has 10 heteroatoms. The van der Waals surface area contributed by atoms with Crippen LogP contribution in [0, 0.1) is 10.1 Å². The largest absolute Gasteiger partial charge is 0.468 e. The molecule has 10 nitrogen and oxygen atoms in total. The molecule has 0 aliphatic rings. The molecule has 2 amide bonds. The van der Waals surface area contributed by atoms with E-state index in [0.29, 0.717) is 11.3 Å². The van der Waals surface area contributed by atoms with Gasteiger partial charge in [0.1, 0.15) is 12.2 Å². The van der Waals surface area contributed by atoms with Gasteiger partial charge in [0.05, 0.1) is 24.0 Å². The van der Waals surface area contributed by atoms with Gasteiger partial charge in [-0.1, -0.05) is 18.2 Å². The van der Waals surface area contributed by atoms with Crippen molar-refractivity contribution in [3.63, 3.8) is 0 Å². The number of nitrogen functional groups attached to an aromatic ring is 1. The minimum atomic E-state index is -0.661. The zero-order valence-corrected chi connectivity index (χ0v) is 14.9. The third-order valence-corrected chi connectivity index (χ3v) is 3.76. The van der Waals surface area contributed by atoms with E-state index in [-0.39, 0.29) is 35.8 Å². The summed E-state index contributed by atoms with van der Waals surface area (Å²) in [6, 6.07) is 10.4. The standard InChI is InChI=1S/C18H18N4O6/c1-28-16(24)10-20-15(23)9-11-5-7-12(8-6-11)21-18(25)13-3-2-4-14(17(13)19)22(26)27/h2-8H,9-10,19H2,1H3,(H,20,23)(H,21,25). The number of rotatable bonds is 7. The molecule has 0 aliphatic heterocycles. The fraction of sp³-hybridized carbons (Fsp3) is 0.167. The lowest BCUT2D eigenvalue weighted by Gasteiger charge is -2.09. The van der Waals surface area contributed by atoms with Gasteiger partial charge < -0.3 is 21.1 Å². The Morgan fingerprint density at radius 2 is 1.82 bits per heavy atom. The highest BCUT2D eigenvalue weighted by molar-refractivity contribution is 6.08. The third kappa shape index (κ3) is 5.27. The Bertz CT molecular complexity index is 911. The molecule has 0 fully saturated rings. The molecular weight excluding hydrogens is 368 g/mol. The number of esters is 1. The highest BCUT2D eigenvalue weighted by Gasteiger charge is 2.19. The fourth-order valence-corrected chi connectivity index (χ4v) is 2.31. The van der Waals surface area contributed by atoms with Gasteiger partial charge in [-0.05, 0) is 23.8 Å². The number of carbonyl (C=O) groups is 3. The molecule has 2 rings (SSSR count). The minimum absolute atomic E-state index is 0.0135. The summed E-state index contributed by atoms with van der Waals surface area (Å²) in [6.45, 7) is -0.214. The van der Waals surface area contributed by atoms with E-state index in [1.165, 1.54) is 25.3 Å². The van der Waals surface area contributed by atoms with Crippen LogP contribution in [0.3, 0.4) is 0 Å². The molecule has 4 N–H and O–H groups in total. The van der Waals surface area contributed by atoms with Gasteiger partial charge in [0.2, 0.25) is 5.91 Å². The number of carbonyl (C=O) groups excluding carboxylic acids is 3. The summed E-state index contributed by atoms with van der Waals surface area (Å²) >= 11 is 0. The van der Waals surface area contributed by atoms with Crippen LogP contribution in [-0.2, 0) is 20.7 Å². The summed E-state index contributed by atoms with van der Waals surface area (Å²) in [5, 5.41) is 15.9. The SMILES string of the molecule is COC(=O)CNC(=O)Cc1ccc(NC(=O)c2cccc([N+](=O)[O-])c2N)cc1. The predicted octanol–water partition coefficient (Wildman–Crippen LogP) is 1.26. The maximum Gasteiger partial charge on any atom is 0.325 e. The zero-order valence-electron chi connectivity index (χ0n) is 14.9. The molecule has 28 heavy (non-hydrogen) atoms. The lowest BCUT2D eigenvalue weighted by atomic mass is 10.1. The van der Waals surface area contributed by atoms with E-state index in [1.807, 2.05) is 0 Å². The molecule has 0 atom stereocenters. The number of ether oxygens (including phenoxy) is 1. The summed E-state index contributed by atoms with van der Waals surface area (Å²) in [7, 11) is 1.22. The first-order valence-electron chi connectivity index (χ1n) is 8.08. The van der Waals surface area contributed by atoms with Crippen LogP contribution < -0.4 is 16.4 Å². The predicted molar refractivity (Wildman–Crippen MR) is 101 cm³/mol. The summed E-state index contributed by atoms with van der Waals surface area (Å²) in [5.74, 6) is -1.50. The molecule has 0 radical (unpaired) electrons. The van der Waals surface area contributed by atoms with Crippen LogP contribution in [0.5, 0.6) is 0 Å². The van der Waals surface area contributed by atoms with Crippen molar-refractivity contribution in [2.24, 2.45) is 0 Å². The van der Waals surface area contributed by atoms with Crippen molar-refractivity contribution in [1.29, 1.82) is 0 Å². The van der Waals surface area contributed by atoms with Gasteiger partial charge in [-0.3, -0.25) is 24.5 Å². The van der Waals surface area contributed by atoms with Crippen molar-refractivity contribution in [3.05, 3.63) is 63.7 Å². The van der Waals surface area contributed by atoms with Gasteiger partial charge in [-0.15, -0.1) is 0 Å². The maximum atomic E-state index is 12.3. The second-order valence-corrected chi connectivity index (χ2v) is 5.68. The Balaban J connectivity index is 2.00. The number of benzene rings is 2. The lowest BCUT2D eigenvalue weighted by molar-refractivity contribution is -0.383. The molecule has 0 aliphatic carbocycles. The quantitative estimate of drug-likeness (QED) is 0.280. The molecule has 2 aromatic rings. The number of nitrogens with one attached hydrogen (secondary N) is 2. The summed E-state index contributed by atoms with van der Waals surface area (Å²) in [5.41, 5.74) is 6.21. The molecule has 146 valence electrons. The molecule has 0 saturated carbocycles. The average Bonchev–Trinajstić information content (AvgIpc) is 2.67. The van der Waals surface area contributed by atoms with E-state index in [9.17, 15) is 24.5 Å². The number of hydrogen-bond donors (Lipinski definition) is 3. The molecular formula is C18H18N4O6. The molecule has 0 spiro atoms. The van der Waals surface area contributed by atoms with Crippen LogP contribution >= 0.6 is 0 Å². The molecule has 0 unspecified atom stereocenters. The maximum absolute atomic E-state index is 12.3. The second-order valence-electron chi connectivity index (χ2n) is 5.68. The number of anilines is 2. The monoisotopic (exact) mass is 386 g/mol. The number of para-hydroxylation sites is 1. The number of amides is 2. The van der Waals surface area contributed by atoms with E-state index in [2.05, 4.69) is 15.4 Å². The Morgan fingerprint density at radius 1 is 1.14 bits per heavy atom. The van der Waals surface area contributed by atoms with E-state index < -0.39 is 16.8 Å². The molecule has 0 bridgehead atoms. The Labute approximate surface area is 159 Å². The fourth-order valence-electron chi connectivity index (χ4n) is 2.31. The second kappa shape index (κ2) is 9.12. The topological polar surface area (TPSA) is 154 Å². The van der Waals surface area contributed by atoms with E-state index in [4.69, 9.17) is 5.73 Å². The molecule has 0 saturated heterocycles. The van der Waals surface area contributed by atoms with Crippen molar-refractivity contribution < 1.29 is 24.0 Å². The van der Waals surface area contributed by atoms with Crippen molar-refractivity contribution in [3.8, 4) is 0 Å². The van der Waals surface area contributed by atoms with Crippen LogP contribution in [0.15, 0.2) is 42.5 Å². The third-order valence-electron chi connectivity index (χ3n) is 3.76. The number of nitrogens with zero attached hydrogens (tertiary/aromatic N) is 1. The molecule has 0 heterocycles. The number of nitrogens with two attached hydrogens (primary N) is 1. The number of hydrogen-bond acceptors (Lipinski definition) is 7. The first-order valence-corrected chi connectivity index (χ1v) is 8.08. The van der Waals surface area contributed by atoms with E-state index in [1.54, 1.807) is 24.3 Å². The molecule has 2 aromatic carbocycles. The van der Waals surface area contributed by atoms with Gasteiger partial charge in [0.25, 0.3) is 11.6 Å². The molecule has 0 aromatic heterocycles. The first kappa shape index (κ1) is 20.4. The van der Waals surface area contributed by atoms with Crippen molar-refractivity contribution in [2.45, 2.75) is 6.42 Å².